The van der Waals surface area contributed by atoms with Crippen molar-refractivity contribution in [2.45, 2.75) is 328 Å². The molecule has 6 heteroatoms. The third-order valence-electron chi connectivity index (χ3n) is 13.3. The van der Waals surface area contributed by atoms with Crippen LogP contribution < -0.4 is 5.32 Å². The summed E-state index contributed by atoms with van der Waals surface area (Å²) in [7, 11) is 0. The molecule has 0 rings (SSSR count). The molecule has 0 aromatic carbocycles. The Hall–Kier alpha value is -1.40. The van der Waals surface area contributed by atoms with Crippen LogP contribution in [0.5, 0.6) is 0 Å². The largest absolute Gasteiger partial charge is 0.466 e. The van der Waals surface area contributed by atoms with E-state index in [1.54, 1.807) is 0 Å². The number of aliphatic hydroxyl groups excluding tert-OH is 2. The van der Waals surface area contributed by atoms with Gasteiger partial charge in [-0.25, -0.2) is 0 Å². The molecule has 0 fully saturated rings. The number of amides is 1. The van der Waals surface area contributed by atoms with Gasteiger partial charge in [0.1, 0.15) is 0 Å². The third kappa shape index (κ3) is 49.9. The number of allylic oxidation sites excluding steroid dienone is 2. The standard InChI is InChI=1S/C57H111NO5/c1-3-5-7-9-11-13-15-17-18-19-20-21-22-23-24-25-26-27-28-29-30-33-37-41-45-49-55(60)54(53-59)58-56(61)50-46-42-38-34-32-36-40-44-48-52-63-57(62)51-47-43-39-35-31-16-14-12-10-8-6-4-2/h12,14,54-55,59-60H,3-11,13,15-53H2,1-2H3,(H,58,61)/b14-12-. The van der Waals surface area contributed by atoms with Crippen molar-refractivity contribution in [1.29, 1.82) is 0 Å². The van der Waals surface area contributed by atoms with E-state index in [4.69, 9.17) is 4.74 Å². The van der Waals surface area contributed by atoms with Gasteiger partial charge in [-0.3, -0.25) is 9.59 Å². The highest BCUT2D eigenvalue weighted by Crippen LogP contribution is 2.18. The van der Waals surface area contributed by atoms with Crippen LogP contribution in [0.15, 0.2) is 12.2 Å². The Morgan fingerprint density at radius 2 is 0.746 bits per heavy atom. The monoisotopic (exact) mass is 890 g/mol. The molecule has 0 aromatic heterocycles. The second-order valence-electron chi connectivity index (χ2n) is 19.6. The number of nitrogens with one attached hydrogen (secondary N) is 1. The van der Waals surface area contributed by atoms with Gasteiger partial charge in [0.2, 0.25) is 5.91 Å². The highest BCUT2D eigenvalue weighted by atomic mass is 16.5. The summed E-state index contributed by atoms with van der Waals surface area (Å²) in [6.45, 7) is 4.88. The first-order chi connectivity index (χ1) is 31.0. The van der Waals surface area contributed by atoms with Crippen LogP contribution in [-0.4, -0.2) is 47.4 Å². The predicted molar refractivity (Wildman–Crippen MR) is 273 cm³/mol. The van der Waals surface area contributed by atoms with E-state index in [0.29, 0.717) is 25.9 Å². The van der Waals surface area contributed by atoms with E-state index in [1.165, 1.54) is 225 Å². The predicted octanol–water partition coefficient (Wildman–Crippen LogP) is 17.3. The lowest BCUT2D eigenvalue weighted by Crippen LogP contribution is -2.45. The van der Waals surface area contributed by atoms with Crippen molar-refractivity contribution in [2.24, 2.45) is 0 Å². The van der Waals surface area contributed by atoms with Crippen molar-refractivity contribution in [3.8, 4) is 0 Å². The Labute approximate surface area is 393 Å². The molecule has 0 saturated heterocycles. The lowest BCUT2D eigenvalue weighted by atomic mass is 10.0. The van der Waals surface area contributed by atoms with Gasteiger partial charge in [-0.15, -0.1) is 0 Å². The summed E-state index contributed by atoms with van der Waals surface area (Å²) in [6, 6.07) is -0.562. The molecule has 1 amide bonds. The van der Waals surface area contributed by atoms with E-state index in [0.717, 1.165) is 57.8 Å². The van der Waals surface area contributed by atoms with Crippen LogP contribution in [0, 0.1) is 0 Å². The summed E-state index contributed by atoms with van der Waals surface area (Å²) in [4.78, 5) is 24.5. The van der Waals surface area contributed by atoms with Crippen molar-refractivity contribution < 1.29 is 24.5 Å². The highest BCUT2D eigenvalue weighted by molar-refractivity contribution is 5.76. The molecule has 3 N–H and O–H groups in total. The smallest absolute Gasteiger partial charge is 0.305 e. The lowest BCUT2D eigenvalue weighted by molar-refractivity contribution is -0.143. The molecule has 374 valence electrons. The number of carbonyl (C=O) groups excluding carboxylic acids is 2. The molecular formula is C57H111NO5. The molecule has 0 aromatic rings. The Morgan fingerprint density at radius 1 is 0.429 bits per heavy atom. The molecule has 0 saturated carbocycles. The Kier molecular flexibility index (Phi) is 52.0. The Morgan fingerprint density at radius 3 is 1.16 bits per heavy atom. The van der Waals surface area contributed by atoms with E-state index < -0.39 is 12.1 Å². The van der Waals surface area contributed by atoms with Crippen LogP contribution in [0.2, 0.25) is 0 Å². The van der Waals surface area contributed by atoms with Gasteiger partial charge >= 0.3 is 5.97 Å². The lowest BCUT2D eigenvalue weighted by Gasteiger charge is -2.22. The number of hydrogen-bond acceptors (Lipinski definition) is 5. The van der Waals surface area contributed by atoms with Gasteiger partial charge in [0.25, 0.3) is 0 Å². The summed E-state index contributed by atoms with van der Waals surface area (Å²) < 4.78 is 5.44. The zero-order chi connectivity index (χ0) is 45.8. The third-order valence-corrected chi connectivity index (χ3v) is 13.3. The summed E-state index contributed by atoms with van der Waals surface area (Å²) in [5.41, 5.74) is 0. The van der Waals surface area contributed by atoms with E-state index in [2.05, 4.69) is 31.3 Å². The van der Waals surface area contributed by atoms with Crippen molar-refractivity contribution in [3.05, 3.63) is 12.2 Å². The van der Waals surface area contributed by atoms with Crippen molar-refractivity contribution in [1.82, 2.24) is 5.32 Å². The molecule has 0 aliphatic rings. The fourth-order valence-corrected chi connectivity index (χ4v) is 8.93. The average molecular weight is 891 g/mol. The molecule has 0 heterocycles. The van der Waals surface area contributed by atoms with Gasteiger partial charge < -0.3 is 20.3 Å². The first-order valence-corrected chi connectivity index (χ1v) is 28.4. The molecule has 0 aliphatic carbocycles. The summed E-state index contributed by atoms with van der Waals surface area (Å²) >= 11 is 0. The maximum Gasteiger partial charge on any atom is 0.305 e. The molecule has 2 unspecified atom stereocenters. The van der Waals surface area contributed by atoms with Crippen molar-refractivity contribution >= 4 is 11.9 Å². The number of unbranched alkanes of at least 4 members (excludes halogenated alkanes) is 40. The topological polar surface area (TPSA) is 95.9 Å². The SMILES string of the molecule is CCCCC/C=C\CCCCCCCC(=O)OCCCCCCCCCCCC(=O)NC(CO)C(O)CCCCCCCCCCCCCCCCCCCCCCCCCCC. The highest BCUT2D eigenvalue weighted by Gasteiger charge is 2.20. The quantitative estimate of drug-likeness (QED) is 0.0321. The summed E-state index contributed by atoms with van der Waals surface area (Å²) in [5, 5.41) is 23.3. The van der Waals surface area contributed by atoms with Gasteiger partial charge in [-0.1, -0.05) is 264 Å². The van der Waals surface area contributed by atoms with Crippen LogP contribution in [0.3, 0.4) is 0 Å². The fourth-order valence-electron chi connectivity index (χ4n) is 8.93. The van der Waals surface area contributed by atoms with Gasteiger partial charge in [-0.05, 0) is 51.4 Å². The number of rotatable bonds is 53. The van der Waals surface area contributed by atoms with Crippen molar-refractivity contribution in [3.63, 3.8) is 0 Å². The minimum Gasteiger partial charge on any atom is -0.466 e. The van der Waals surface area contributed by atoms with Gasteiger partial charge in [0.05, 0.1) is 25.4 Å². The maximum atomic E-state index is 12.5. The molecule has 0 spiro atoms. The molecule has 2 atom stereocenters. The van der Waals surface area contributed by atoms with Gasteiger partial charge in [-0.2, -0.15) is 0 Å². The summed E-state index contributed by atoms with van der Waals surface area (Å²) in [5.74, 6) is -0.0934. The van der Waals surface area contributed by atoms with Crippen molar-refractivity contribution in [2.75, 3.05) is 13.2 Å². The minimum atomic E-state index is -0.682. The Bertz CT molecular complexity index is 939. The van der Waals surface area contributed by atoms with Gasteiger partial charge in [0.15, 0.2) is 0 Å². The molecule has 6 nitrogen and oxygen atoms in total. The van der Waals surface area contributed by atoms with E-state index in [1.807, 2.05) is 0 Å². The second-order valence-corrected chi connectivity index (χ2v) is 19.6. The van der Waals surface area contributed by atoms with Gasteiger partial charge in [0, 0.05) is 12.8 Å². The molecule has 0 aliphatic heterocycles. The molecule has 63 heavy (non-hydrogen) atoms. The fraction of sp³-hybridized carbons (Fsp3) is 0.930. The number of hydrogen-bond donors (Lipinski definition) is 3. The van der Waals surface area contributed by atoms with E-state index in [9.17, 15) is 19.8 Å². The zero-order valence-corrected chi connectivity index (χ0v) is 42.6. The van der Waals surface area contributed by atoms with Crippen LogP contribution in [0.25, 0.3) is 0 Å². The molecule has 0 bridgehead atoms. The number of carbonyl (C=O) groups is 2. The van der Waals surface area contributed by atoms with Crippen LogP contribution in [0.4, 0.5) is 0 Å². The summed E-state index contributed by atoms with van der Waals surface area (Å²) in [6.07, 6.45) is 62.0. The minimum absolute atomic E-state index is 0.0338. The average Bonchev–Trinajstić information content (AvgIpc) is 3.28. The van der Waals surface area contributed by atoms with E-state index >= 15 is 0 Å². The molecule has 0 radical (unpaired) electrons. The van der Waals surface area contributed by atoms with Crippen LogP contribution in [-0.2, 0) is 14.3 Å². The first-order valence-electron chi connectivity index (χ1n) is 28.4. The first kappa shape index (κ1) is 61.6. The van der Waals surface area contributed by atoms with Crippen LogP contribution >= 0.6 is 0 Å². The maximum absolute atomic E-state index is 12.5. The second kappa shape index (κ2) is 53.2. The van der Waals surface area contributed by atoms with Crippen LogP contribution in [0.1, 0.15) is 316 Å². The number of esters is 1. The van der Waals surface area contributed by atoms with E-state index in [-0.39, 0.29) is 18.5 Å². The number of aliphatic hydroxyl groups is 2. The Balaban J connectivity index is 3.46. The number of ether oxygens (including phenoxy) is 1. The zero-order valence-electron chi connectivity index (χ0n) is 42.6. The molecular weight excluding hydrogens is 779 g/mol. The normalized spacial score (nSPS) is 12.6.